The fraction of sp³-hybridized carbons (Fsp3) is 0.500. The van der Waals surface area contributed by atoms with Gasteiger partial charge in [0.2, 0.25) is 6.04 Å². The lowest BCUT2D eigenvalue weighted by Gasteiger charge is -2.30. The van der Waals surface area contributed by atoms with E-state index in [9.17, 15) is 14.9 Å². The van der Waals surface area contributed by atoms with Gasteiger partial charge < -0.3 is 15.8 Å². The number of nitro groups is 1. The van der Waals surface area contributed by atoms with Gasteiger partial charge in [-0.15, -0.1) is 0 Å². The number of nitrogen functional groups attached to an aromatic ring is 1. The molecule has 9 nitrogen and oxygen atoms in total. The molecule has 4 N–H and O–H groups in total. The molecule has 1 aliphatic rings. The molecule has 0 fully saturated rings. The van der Waals surface area contributed by atoms with E-state index in [-0.39, 0.29) is 11.3 Å². The molecule has 2 heterocycles. The number of nitrogens with two attached hydrogens (primary N) is 1. The second-order valence-corrected chi connectivity index (χ2v) is 4.83. The van der Waals surface area contributed by atoms with Crippen LogP contribution in [0, 0.1) is 10.1 Å². The van der Waals surface area contributed by atoms with Crippen molar-refractivity contribution >= 4 is 17.6 Å². The quantitative estimate of drug-likeness (QED) is 0.393. The molecule has 21 heavy (non-hydrogen) atoms. The van der Waals surface area contributed by atoms with Crippen LogP contribution in [-0.4, -0.2) is 41.2 Å². The minimum Gasteiger partial charge on any atom is -0.468 e. The highest BCUT2D eigenvalue weighted by Gasteiger charge is 2.38. The second kappa shape index (κ2) is 5.92. The molecule has 2 unspecified atom stereocenters. The van der Waals surface area contributed by atoms with Gasteiger partial charge in [0, 0.05) is 16.9 Å². The summed E-state index contributed by atoms with van der Waals surface area (Å²) in [6.07, 6.45) is -0.537. The van der Waals surface area contributed by atoms with E-state index in [0.717, 1.165) is 5.56 Å². The molecule has 0 aliphatic carbocycles. The summed E-state index contributed by atoms with van der Waals surface area (Å²) >= 11 is 0. The third-order valence-corrected chi connectivity index (χ3v) is 3.36. The average Bonchev–Trinajstić information content (AvgIpc) is 2.45. The van der Waals surface area contributed by atoms with E-state index in [1.54, 1.807) is 19.1 Å². The molecular formula is C12H17N5O4. The van der Waals surface area contributed by atoms with Crippen LogP contribution in [0.1, 0.15) is 12.5 Å². The fourth-order valence-corrected chi connectivity index (χ4v) is 2.24. The van der Waals surface area contributed by atoms with Crippen LogP contribution in [-0.2, 0) is 16.0 Å². The number of hydrogen-bond acceptors (Lipinski definition) is 8. The van der Waals surface area contributed by atoms with Crippen molar-refractivity contribution in [3.63, 3.8) is 0 Å². The molecule has 0 saturated carbocycles. The van der Waals surface area contributed by atoms with E-state index in [1.807, 2.05) is 0 Å². The highest BCUT2D eigenvalue weighted by atomic mass is 16.6. The predicted octanol–water partition coefficient (Wildman–Crippen LogP) is -0.246. The van der Waals surface area contributed by atoms with Gasteiger partial charge in [-0.1, -0.05) is 6.07 Å². The van der Waals surface area contributed by atoms with E-state index >= 15 is 0 Å². The van der Waals surface area contributed by atoms with Crippen molar-refractivity contribution in [3.8, 4) is 0 Å². The Morgan fingerprint density at radius 2 is 2.38 bits per heavy atom. The topological polar surface area (TPSA) is 132 Å². The number of anilines is 2. The van der Waals surface area contributed by atoms with Gasteiger partial charge in [0.15, 0.2) is 0 Å². The summed E-state index contributed by atoms with van der Waals surface area (Å²) in [5.74, 6) is 0.313. The molecule has 2 rings (SSSR count). The maximum absolute atomic E-state index is 11.4. The van der Waals surface area contributed by atoms with Gasteiger partial charge in [-0.2, -0.15) is 0 Å². The Kier molecular flexibility index (Phi) is 4.22. The first-order valence-electron chi connectivity index (χ1n) is 6.41. The Morgan fingerprint density at radius 1 is 1.67 bits per heavy atom. The molecule has 1 aromatic rings. The van der Waals surface area contributed by atoms with Crippen molar-refractivity contribution in [3.05, 3.63) is 27.8 Å². The van der Waals surface area contributed by atoms with Gasteiger partial charge in [-0.3, -0.25) is 20.2 Å². The van der Waals surface area contributed by atoms with Crippen LogP contribution in [0.5, 0.6) is 0 Å². The molecule has 1 aromatic heterocycles. The standard InChI is InChI=1S/C12H17N5O4/c1-6(12(18)21-2)14-11-8(17(19)20)5-7-3-4-9(13)15-10(7)16-11/h3-4,6,8,11,14H,5H2,1-2H3,(H3,13,15,16)/t6-,8?,11?/m0/s1. The first-order valence-corrected chi connectivity index (χ1v) is 6.41. The van der Waals surface area contributed by atoms with E-state index in [1.165, 1.54) is 7.11 Å². The number of aromatic nitrogens is 1. The van der Waals surface area contributed by atoms with Gasteiger partial charge in [-0.05, 0) is 13.0 Å². The summed E-state index contributed by atoms with van der Waals surface area (Å²) in [7, 11) is 1.26. The number of methoxy groups -OCH3 is 1. The third kappa shape index (κ3) is 3.19. The molecule has 0 saturated heterocycles. The van der Waals surface area contributed by atoms with E-state index in [0.29, 0.717) is 11.6 Å². The number of carbonyl (C=O) groups is 1. The number of pyridine rings is 1. The van der Waals surface area contributed by atoms with E-state index in [2.05, 4.69) is 20.4 Å². The molecule has 0 bridgehead atoms. The van der Waals surface area contributed by atoms with Crippen molar-refractivity contribution in [1.82, 2.24) is 10.3 Å². The molecular weight excluding hydrogens is 278 g/mol. The van der Waals surface area contributed by atoms with Crippen molar-refractivity contribution in [2.75, 3.05) is 18.2 Å². The number of rotatable bonds is 4. The van der Waals surface area contributed by atoms with Crippen molar-refractivity contribution < 1.29 is 14.5 Å². The lowest BCUT2D eigenvalue weighted by molar-refractivity contribution is -0.526. The zero-order valence-electron chi connectivity index (χ0n) is 11.7. The minimum absolute atomic E-state index is 0.203. The minimum atomic E-state index is -0.921. The molecule has 1 aliphatic heterocycles. The zero-order valence-corrected chi connectivity index (χ0v) is 11.7. The Hall–Kier alpha value is -2.42. The number of fused-ring (bicyclic) bond motifs is 1. The van der Waals surface area contributed by atoms with Gasteiger partial charge >= 0.3 is 5.97 Å². The van der Waals surface area contributed by atoms with Crippen LogP contribution in [0.4, 0.5) is 11.6 Å². The second-order valence-electron chi connectivity index (χ2n) is 4.83. The monoisotopic (exact) mass is 295 g/mol. The summed E-state index contributed by atoms with van der Waals surface area (Å²) in [4.78, 5) is 26.4. The van der Waals surface area contributed by atoms with Crippen LogP contribution in [0.25, 0.3) is 0 Å². The molecule has 9 heteroatoms. The van der Waals surface area contributed by atoms with Crippen LogP contribution in [0.15, 0.2) is 12.1 Å². The lowest BCUT2D eigenvalue weighted by Crippen LogP contribution is -2.57. The number of esters is 1. The highest BCUT2D eigenvalue weighted by Crippen LogP contribution is 2.24. The van der Waals surface area contributed by atoms with Crippen molar-refractivity contribution in [1.29, 1.82) is 0 Å². The van der Waals surface area contributed by atoms with E-state index in [4.69, 9.17) is 5.73 Å². The van der Waals surface area contributed by atoms with Gasteiger partial charge in [0.05, 0.1) is 7.11 Å². The molecule has 114 valence electrons. The molecule has 0 aromatic carbocycles. The Labute approximate surface area is 121 Å². The average molecular weight is 295 g/mol. The molecule has 0 radical (unpaired) electrons. The first-order chi connectivity index (χ1) is 9.92. The van der Waals surface area contributed by atoms with Gasteiger partial charge in [0.25, 0.3) is 0 Å². The number of nitrogens with one attached hydrogen (secondary N) is 2. The highest BCUT2D eigenvalue weighted by molar-refractivity contribution is 5.75. The van der Waals surface area contributed by atoms with E-state index < -0.39 is 24.2 Å². The molecule has 0 spiro atoms. The Morgan fingerprint density at radius 3 is 3.00 bits per heavy atom. The smallest absolute Gasteiger partial charge is 0.322 e. The summed E-state index contributed by atoms with van der Waals surface area (Å²) in [6, 6.07) is 1.70. The maximum Gasteiger partial charge on any atom is 0.322 e. The third-order valence-electron chi connectivity index (χ3n) is 3.36. The van der Waals surface area contributed by atoms with Crippen LogP contribution in [0.2, 0.25) is 0 Å². The summed E-state index contributed by atoms with van der Waals surface area (Å²) in [5.41, 5.74) is 6.33. The van der Waals surface area contributed by atoms with Crippen molar-refractivity contribution in [2.24, 2.45) is 0 Å². The lowest BCUT2D eigenvalue weighted by atomic mass is 9.99. The number of hydrogen-bond donors (Lipinski definition) is 3. The van der Waals surface area contributed by atoms with Gasteiger partial charge in [0.1, 0.15) is 23.8 Å². The Balaban J connectivity index is 2.22. The van der Waals surface area contributed by atoms with Crippen molar-refractivity contribution in [2.45, 2.75) is 31.6 Å². The predicted molar refractivity (Wildman–Crippen MR) is 75.2 cm³/mol. The number of nitrogens with zero attached hydrogens (tertiary/aromatic N) is 2. The SMILES string of the molecule is COC(=O)[C@H](C)NC1Nc2nc(N)ccc2CC1[N+](=O)[O-]. The fourth-order valence-electron chi connectivity index (χ4n) is 2.24. The summed E-state index contributed by atoms with van der Waals surface area (Å²) in [6.45, 7) is 1.58. The maximum atomic E-state index is 11.4. The van der Waals surface area contributed by atoms with Gasteiger partial charge in [-0.25, -0.2) is 4.98 Å². The zero-order chi connectivity index (χ0) is 15.6. The van der Waals surface area contributed by atoms with Crippen LogP contribution in [0.3, 0.4) is 0 Å². The first kappa shape index (κ1) is 15.0. The largest absolute Gasteiger partial charge is 0.468 e. The van der Waals surface area contributed by atoms with Crippen LogP contribution >= 0.6 is 0 Å². The normalized spacial score (nSPS) is 21.8. The number of ether oxygens (including phenoxy) is 1. The summed E-state index contributed by atoms with van der Waals surface area (Å²) in [5, 5.41) is 17.0. The summed E-state index contributed by atoms with van der Waals surface area (Å²) < 4.78 is 4.60. The molecule has 0 amide bonds. The molecule has 3 atom stereocenters. The Bertz CT molecular complexity index is 565. The van der Waals surface area contributed by atoms with Crippen LogP contribution < -0.4 is 16.4 Å². The number of carbonyl (C=O) groups excluding carboxylic acids is 1.